The van der Waals surface area contributed by atoms with E-state index in [-0.39, 0.29) is 46.9 Å². The normalized spacial score (nSPS) is 33.8. The van der Waals surface area contributed by atoms with E-state index in [9.17, 15) is 14.7 Å². The summed E-state index contributed by atoms with van der Waals surface area (Å²) in [6.07, 6.45) is 4.70. The molecule has 1 aromatic heterocycles. The SMILES string of the molecule is COCCNC(=O)[C@@H](C)[C@@H]1CC[C@@]2(C)CC[C@H](NC(=O)c3ccccn3)[C@@H](C)[C@@H]2[C@H]1O. The zero-order valence-electron chi connectivity index (χ0n) is 19.1. The third-order valence-electron chi connectivity index (χ3n) is 7.76. The van der Waals surface area contributed by atoms with E-state index in [0.29, 0.717) is 18.8 Å². The molecule has 2 fully saturated rings. The smallest absolute Gasteiger partial charge is 0.270 e. The monoisotopic (exact) mass is 431 g/mol. The van der Waals surface area contributed by atoms with Crippen LogP contribution < -0.4 is 10.6 Å². The van der Waals surface area contributed by atoms with Crippen molar-refractivity contribution in [1.82, 2.24) is 15.6 Å². The molecule has 1 heterocycles. The Kier molecular flexibility index (Phi) is 7.70. The lowest BCUT2D eigenvalue weighted by Crippen LogP contribution is -2.58. The summed E-state index contributed by atoms with van der Waals surface area (Å²) in [4.78, 5) is 29.4. The summed E-state index contributed by atoms with van der Waals surface area (Å²) in [5.41, 5.74) is 0.430. The van der Waals surface area contributed by atoms with E-state index >= 15 is 0 Å². The summed E-state index contributed by atoms with van der Waals surface area (Å²) in [5.74, 6) is -0.432. The minimum Gasteiger partial charge on any atom is -0.392 e. The number of carbonyl (C=O) groups is 2. The van der Waals surface area contributed by atoms with E-state index in [1.807, 2.05) is 6.92 Å². The highest BCUT2D eigenvalue weighted by atomic mass is 16.5. The summed E-state index contributed by atoms with van der Waals surface area (Å²) >= 11 is 0. The molecular weight excluding hydrogens is 394 g/mol. The number of hydrogen-bond acceptors (Lipinski definition) is 5. The summed E-state index contributed by atoms with van der Waals surface area (Å²) in [6.45, 7) is 7.24. The zero-order valence-corrected chi connectivity index (χ0v) is 19.1. The van der Waals surface area contributed by atoms with Gasteiger partial charge < -0.3 is 20.5 Å². The van der Waals surface area contributed by atoms with Crippen molar-refractivity contribution in [2.75, 3.05) is 20.3 Å². The molecular formula is C24H37N3O4. The van der Waals surface area contributed by atoms with Gasteiger partial charge in [-0.05, 0) is 61.0 Å². The Balaban J connectivity index is 1.70. The molecule has 7 nitrogen and oxygen atoms in total. The Morgan fingerprint density at radius 1 is 1.32 bits per heavy atom. The van der Waals surface area contributed by atoms with Gasteiger partial charge in [0.05, 0.1) is 12.7 Å². The van der Waals surface area contributed by atoms with E-state index in [1.54, 1.807) is 31.5 Å². The van der Waals surface area contributed by atoms with Crippen LogP contribution in [-0.2, 0) is 9.53 Å². The summed E-state index contributed by atoms with van der Waals surface area (Å²) in [7, 11) is 1.61. The van der Waals surface area contributed by atoms with Gasteiger partial charge in [0.1, 0.15) is 5.69 Å². The fourth-order valence-electron chi connectivity index (χ4n) is 5.87. The topological polar surface area (TPSA) is 101 Å². The quantitative estimate of drug-likeness (QED) is 0.576. The van der Waals surface area contributed by atoms with Gasteiger partial charge in [0.2, 0.25) is 5.91 Å². The van der Waals surface area contributed by atoms with E-state index in [2.05, 4.69) is 29.5 Å². The lowest BCUT2D eigenvalue weighted by atomic mass is 9.51. The maximum atomic E-state index is 12.7. The van der Waals surface area contributed by atoms with Crippen LogP contribution in [0.25, 0.3) is 0 Å². The fourth-order valence-corrected chi connectivity index (χ4v) is 5.87. The Bertz CT molecular complexity index is 758. The Morgan fingerprint density at radius 3 is 2.74 bits per heavy atom. The molecule has 0 unspecified atom stereocenters. The van der Waals surface area contributed by atoms with Crippen molar-refractivity contribution in [2.24, 2.45) is 29.1 Å². The van der Waals surface area contributed by atoms with Crippen molar-refractivity contribution in [2.45, 2.75) is 58.6 Å². The van der Waals surface area contributed by atoms with Crippen LogP contribution in [0.15, 0.2) is 24.4 Å². The number of aromatic nitrogens is 1. The van der Waals surface area contributed by atoms with Crippen molar-refractivity contribution in [3.05, 3.63) is 30.1 Å². The number of amides is 2. The number of methoxy groups -OCH3 is 1. The molecule has 0 aromatic carbocycles. The van der Waals surface area contributed by atoms with Gasteiger partial charge in [-0.15, -0.1) is 0 Å². The predicted octanol–water partition coefficient (Wildman–Crippen LogP) is 2.40. The number of hydrogen-bond donors (Lipinski definition) is 3. The third kappa shape index (κ3) is 5.09. The molecule has 2 aliphatic rings. The molecule has 0 spiro atoms. The van der Waals surface area contributed by atoms with Crippen molar-refractivity contribution in [3.63, 3.8) is 0 Å². The molecule has 2 saturated carbocycles. The van der Waals surface area contributed by atoms with E-state index < -0.39 is 6.10 Å². The lowest BCUT2D eigenvalue weighted by Gasteiger charge is -2.56. The van der Waals surface area contributed by atoms with Crippen molar-refractivity contribution in [3.8, 4) is 0 Å². The van der Waals surface area contributed by atoms with Crippen LogP contribution >= 0.6 is 0 Å². The van der Waals surface area contributed by atoms with Gasteiger partial charge in [0.15, 0.2) is 0 Å². The zero-order chi connectivity index (χ0) is 22.6. The number of rotatable bonds is 7. The number of carbonyl (C=O) groups excluding carboxylic acids is 2. The highest BCUT2D eigenvalue weighted by Crippen LogP contribution is 2.55. The molecule has 0 saturated heterocycles. The molecule has 172 valence electrons. The first-order valence-corrected chi connectivity index (χ1v) is 11.4. The van der Waals surface area contributed by atoms with Crippen molar-refractivity contribution in [1.29, 1.82) is 0 Å². The molecule has 2 aliphatic carbocycles. The first kappa shape index (κ1) is 23.7. The summed E-state index contributed by atoms with van der Waals surface area (Å²) in [6, 6.07) is 5.28. The van der Waals surface area contributed by atoms with Gasteiger partial charge in [-0.1, -0.05) is 26.8 Å². The highest BCUT2D eigenvalue weighted by molar-refractivity contribution is 5.92. The van der Waals surface area contributed by atoms with E-state index in [0.717, 1.165) is 25.7 Å². The number of pyridine rings is 1. The van der Waals surface area contributed by atoms with Crippen LogP contribution in [0, 0.1) is 29.1 Å². The second-order valence-electron chi connectivity index (χ2n) is 9.64. The first-order chi connectivity index (χ1) is 14.8. The minimum atomic E-state index is -0.577. The molecule has 0 bridgehead atoms. The van der Waals surface area contributed by atoms with Gasteiger partial charge in [-0.2, -0.15) is 0 Å². The van der Waals surface area contributed by atoms with Gasteiger partial charge in [0.25, 0.3) is 5.91 Å². The van der Waals surface area contributed by atoms with Crippen LogP contribution in [0.1, 0.15) is 56.9 Å². The Labute approximate surface area is 185 Å². The predicted molar refractivity (Wildman–Crippen MR) is 118 cm³/mol. The number of aliphatic hydroxyl groups excluding tert-OH is 1. The molecule has 3 N–H and O–H groups in total. The Morgan fingerprint density at radius 2 is 2.06 bits per heavy atom. The lowest BCUT2D eigenvalue weighted by molar-refractivity contribution is -0.142. The average molecular weight is 432 g/mol. The molecule has 1 aromatic rings. The maximum Gasteiger partial charge on any atom is 0.270 e. The first-order valence-electron chi connectivity index (χ1n) is 11.4. The average Bonchev–Trinajstić information content (AvgIpc) is 2.76. The third-order valence-corrected chi connectivity index (χ3v) is 7.76. The van der Waals surface area contributed by atoms with Crippen molar-refractivity contribution < 1.29 is 19.4 Å². The highest BCUT2D eigenvalue weighted by Gasteiger charge is 2.53. The van der Waals surface area contributed by atoms with Crippen LogP contribution in [0.3, 0.4) is 0 Å². The second kappa shape index (κ2) is 10.1. The number of aliphatic hydroxyl groups is 1. The molecule has 2 amide bonds. The van der Waals surface area contributed by atoms with Crippen LogP contribution in [-0.4, -0.2) is 54.3 Å². The fraction of sp³-hybridized carbons (Fsp3) is 0.708. The van der Waals surface area contributed by atoms with Crippen LogP contribution in [0.4, 0.5) is 0 Å². The maximum absolute atomic E-state index is 12.7. The molecule has 3 rings (SSSR count). The Hall–Kier alpha value is -1.99. The number of fused-ring (bicyclic) bond motifs is 1. The van der Waals surface area contributed by atoms with Crippen LogP contribution in [0.2, 0.25) is 0 Å². The van der Waals surface area contributed by atoms with Gasteiger partial charge in [-0.25, -0.2) is 0 Å². The largest absolute Gasteiger partial charge is 0.392 e. The summed E-state index contributed by atoms with van der Waals surface area (Å²) < 4.78 is 5.01. The van der Waals surface area contributed by atoms with Gasteiger partial charge in [0, 0.05) is 31.8 Å². The number of nitrogens with zero attached hydrogens (tertiary/aromatic N) is 1. The minimum absolute atomic E-state index is 0.0215. The second-order valence-corrected chi connectivity index (χ2v) is 9.64. The van der Waals surface area contributed by atoms with Gasteiger partial charge in [-0.3, -0.25) is 14.6 Å². The van der Waals surface area contributed by atoms with E-state index in [1.165, 1.54) is 0 Å². The standard InChI is InChI=1S/C24H37N3O4/c1-15(22(29)26-13-14-31-4)17-8-10-24(3)11-9-18(16(2)20(24)21(17)28)27-23(30)19-7-5-6-12-25-19/h5-7,12,15-18,20-21,28H,8-11,13-14H2,1-4H3,(H,26,29)(H,27,30)/t15-,16+,17-,18-,20+,21-,24-/m0/s1. The number of ether oxygens (including phenoxy) is 1. The van der Waals surface area contributed by atoms with E-state index in [4.69, 9.17) is 4.74 Å². The van der Waals surface area contributed by atoms with Crippen molar-refractivity contribution >= 4 is 11.8 Å². The van der Waals surface area contributed by atoms with Gasteiger partial charge >= 0.3 is 0 Å². The number of nitrogens with one attached hydrogen (secondary N) is 2. The summed E-state index contributed by atoms with van der Waals surface area (Å²) in [5, 5.41) is 17.5. The molecule has 7 atom stereocenters. The molecule has 7 heteroatoms. The molecule has 0 radical (unpaired) electrons. The molecule has 31 heavy (non-hydrogen) atoms. The van der Waals surface area contributed by atoms with Crippen LogP contribution in [0.5, 0.6) is 0 Å². The molecule has 0 aliphatic heterocycles.